The van der Waals surface area contributed by atoms with Crippen molar-refractivity contribution < 1.29 is 9.90 Å². The molecule has 0 saturated heterocycles. The average molecular weight is 316 g/mol. The van der Waals surface area contributed by atoms with Crippen molar-refractivity contribution in [1.82, 2.24) is 0 Å². The van der Waals surface area contributed by atoms with Crippen molar-refractivity contribution in [2.45, 2.75) is 31.4 Å². The molecule has 0 aromatic heterocycles. The van der Waals surface area contributed by atoms with Crippen molar-refractivity contribution in [3.05, 3.63) is 65.2 Å². The molecule has 0 radical (unpaired) electrons. The van der Waals surface area contributed by atoms with Gasteiger partial charge in [0.25, 0.3) is 5.91 Å². The highest BCUT2D eigenvalue weighted by Crippen LogP contribution is 2.41. The van der Waals surface area contributed by atoms with Crippen molar-refractivity contribution in [3.63, 3.8) is 0 Å². The molecule has 0 unspecified atom stereocenters. The number of hydrogen-bond donors (Lipinski definition) is 1. The van der Waals surface area contributed by atoms with Crippen LogP contribution in [0.15, 0.2) is 48.5 Å². The Bertz CT molecular complexity index is 698. The summed E-state index contributed by atoms with van der Waals surface area (Å²) in [6.45, 7) is 3.80. The van der Waals surface area contributed by atoms with E-state index in [0.29, 0.717) is 5.56 Å². The Morgan fingerprint density at radius 2 is 1.77 bits per heavy atom. The smallest absolute Gasteiger partial charge is 0.258 e. The molecular weight excluding hydrogens is 298 g/mol. The van der Waals surface area contributed by atoms with Gasteiger partial charge in [0.1, 0.15) is 0 Å². The second-order valence-corrected chi connectivity index (χ2v) is 6.20. The lowest BCUT2D eigenvalue weighted by Gasteiger charge is -2.40. The minimum absolute atomic E-state index is 0.123. The summed E-state index contributed by atoms with van der Waals surface area (Å²) in [5.41, 5.74) is 3.26. The van der Waals surface area contributed by atoms with Crippen LogP contribution in [0.4, 0.5) is 5.69 Å². The third kappa shape index (κ3) is 2.40. The Morgan fingerprint density at radius 3 is 2.45 bits per heavy atom. The first-order valence-corrected chi connectivity index (χ1v) is 7.75. The fourth-order valence-electron chi connectivity index (χ4n) is 2.87. The van der Waals surface area contributed by atoms with Crippen molar-refractivity contribution in [3.8, 4) is 0 Å². The molecule has 0 bridgehead atoms. The predicted molar refractivity (Wildman–Crippen MR) is 88.5 cm³/mol. The molecule has 3 nitrogen and oxygen atoms in total. The molecule has 114 valence electrons. The van der Waals surface area contributed by atoms with Gasteiger partial charge in [0, 0.05) is 11.3 Å². The molecule has 2 aromatic carbocycles. The van der Waals surface area contributed by atoms with Crippen molar-refractivity contribution >= 4 is 23.2 Å². The largest absolute Gasteiger partial charge is 0.389 e. The number of rotatable bonds is 1. The molecule has 0 saturated carbocycles. The highest BCUT2D eigenvalue weighted by Gasteiger charge is 2.39. The van der Waals surface area contributed by atoms with Crippen LogP contribution in [-0.2, 0) is 0 Å². The first-order chi connectivity index (χ1) is 10.5. The zero-order chi connectivity index (χ0) is 15.9. The molecule has 1 heterocycles. The molecule has 1 N–H and O–H groups in total. The number of halogens is 1. The van der Waals surface area contributed by atoms with Crippen molar-refractivity contribution in [1.29, 1.82) is 0 Å². The van der Waals surface area contributed by atoms with E-state index in [9.17, 15) is 9.90 Å². The van der Waals surface area contributed by atoms with E-state index in [0.717, 1.165) is 16.8 Å². The summed E-state index contributed by atoms with van der Waals surface area (Å²) in [5, 5.41) is 9.87. The van der Waals surface area contributed by atoms with Crippen LogP contribution in [0.5, 0.6) is 0 Å². The number of benzene rings is 2. The molecule has 0 aliphatic carbocycles. The molecule has 1 aliphatic heterocycles. The van der Waals surface area contributed by atoms with Crippen LogP contribution in [0.3, 0.4) is 0 Å². The van der Waals surface area contributed by atoms with Crippen LogP contribution in [-0.4, -0.2) is 23.2 Å². The van der Waals surface area contributed by atoms with E-state index < -0.39 is 11.5 Å². The SMILES string of the molecule is Cc1ccc(C(=O)N2c3ccccc3[C@@H](Cl)[C@H](O)[C@H]2C)cc1. The summed E-state index contributed by atoms with van der Waals surface area (Å²) in [7, 11) is 0. The Kier molecular flexibility index (Phi) is 3.94. The maximum absolute atomic E-state index is 12.9. The van der Waals surface area contributed by atoms with Gasteiger partial charge in [0.15, 0.2) is 0 Å². The van der Waals surface area contributed by atoms with Gasteiger partial charge in [-0.15, -0.1) is 11.6 Å². The van der Waals surface area contributed by atoms with Crippen LogP contribution in [0.2, 0.25) is 0 Å². The van der Waals surface area contributed by atoms with E-state index in [4.69, 9.17) is 11.6 Å². The lowest BCUT2D eigenvalue weighted by Crippen LogP contribution is -2.50. The first kappa shape index (κ1) is 15.1. The van der Waals surface area contributed by atoms with E-state index in [1.54, 1.807) is 4.90 Å². The van der Waals surface area contributed by atoms with Crippen LogP contribution < -0.4 is 4.90 Å². The Labute approximate surface area is 135 Å². The number of carbonyl (C=O) groups excluding carboxylic acids is 1. The fraction of sp³-hybridized carbons (Fsp3) is 0.278. The fourth-order valence-corrected chi connectivity index (χ4v) is 3.27. The van der Waals surface area contributed by atoms with Gasteiger partial charge >= 0.3 is 0 Å². The average Bonchev–Trinajstić information content (AvgIpc) is 2.53. The number of alkyl halides is 1. The quantitative estimate of drug-likeness (QED) is 0.815. The second-order valence-electron chi connectivity index (χ2n) is 5.73. The van der Waals surface area contributed by atoms with E-state index in [-0.39, 0.29) is 11.9 Å². The lowest BCUT2D eigenvalue weighted by molar-refractivity contribution is 0.0899. The maximum Gasteiger partial charge on any atom is 0.258 e. The number of aliphatic hydroxyl groups is 1. The number of aliphatic hydroxyl groups excluding tert-OH is 1. The molecule has 0 fully saturated rings. The standard InChI is InChI=1S/C18H18ClNO2/c1-11-7-9-13(10-8-11)18(22)20-12(2)17(21)16(19)14-5-3-4-6-15(14)20/h3-10,12,16-17,21H,1-2H3/t12-,16-,17-/m1/s1. The molecule has 2 aromatic rings. The van der Waals surface area contributed by atoms with Gasteiger partial charge in [-0.2, -0.15) is 0 Å². The summed E-state index contributed by atoms with van der Waals surface area (Å²) >= 11 is 6.34. The van der Waals surface area contributed by atoms with Crippen LogP contribution in [0.25, 0.3) is 0 Å². The maximum atomic E-state index is 12.9. The van der Waals surface area contributed by atoms with E-state index in [2.05, 4.69) is 0 Å². The molecule has 3 atom stereocenters. The summed E-state index contributed by atoms with van der Waals surface area (Å²) in [5.74, 6) is -0.123. The molecule has 3 rings (SSSR count). The van der Waals surface area contributed by atoms with Gasteiger partial charge in [-0.25, -0.2) is 0 Å². The van der Waals surface area contributed by atoms with Gasteiger partial charge in [-0.05, 0) is 37.6 Å². The summed E-state index contributed by atoms with van der Waals surface area (Å²) in [4.78, 5) is 14.6. The molecule has 0 spiro atoms. The third-order valence-corrected chi connectivity index (χ3v) is 4.71. The van der Waals surface area contributed by atoms with Crippen LogP contribution >= 0.6 is 11.6 Å². The highest BCUT2D eigenvalue weighted by atomic mass is 35.5. The van der Waals surface area contributed by atoms with Gasteiger partial charge in [0.2, 0.25) is 0 Å². The Hall–Kier alpha value is -1.84. The summed E-state index contributed by atoms with van der Waals surface area (Å²) in [6.07, 6.45) is -0.800. The summed E-state index contributed by atoms with van der Waals surface area (Å²) < 4.78 is 0. The number of nitrogens with zero attached hydrogens (tertiary/aromatic N) is 1. The van der Waals surface area contributed by atoms with E-state index in [1.807, 2.05) is 62.4 Å². The van der Waals surface area contributed by atoms with E-state index in [1.165, 1.54) is 0 Å². The molecular formula is C18H18ClNO2. The number of para-hydroxylation sites is 1. The van der Waals surface area contributed by atoms with E-state index >= 15 is 0 Å². The Morgan fingerprint density at radius 1 is 1.14 bits per heavy atom. The van der Waals surface area contributed by atoms with Gasteiger partial charge in [-0.1, -0.05) is 35.9 Å². The molecule has 4 heteroatoms. The van der Waals surface area contributed by atoms with Crippen LogP contribution in [0.1, 0.15) is 33.8 Å². The normalized spacial score (nSPS) is 24.0. The first-order valence-electron chi connectivity index (χ1n) is 7.32. The number of hydrogen-bond acceptors (Lipinski definition) is 2. The Balaban J connectivity index is 2.07. The predicted octanol–water partition coefficient (Wildman–Crippen LogP) is 3.68. The lowest BCUT2D eigenvalue weighted by atomic mass is 9.92. The molecule has 1 aliphatic rings. The van der Waals surface area contributed by atoms with Gasteiger partial charge in [0.05, 0.1) is 17.5 Å². The zero-order valence-corrected chi connectivity index (χ0v) is 13.3. The number of fused-ring (bicyclic) bond motifs is 1. The highest BCUT2D eigenvalue weighted by molar-refractivity contribution is 6.22. The zero-order valence-electron chi connectivity index (χ0n) is 12.5. The number of anilines is 1. The van der Waals surface area contributed by atoms with Crippen molar-refractivity contribution in [2.75, 3.05) is 4.90 Å². The van der Waals surface area contributed by atoms with Gasteiger partial charge < -0.3 is 10.0 Å². The van der Waals surface area contributed by atoms with Crippen molar-refractivity contribution in [2.24, 2.45) is 0 Å². The van der Waals surface area contributed by atoms with Gasteiger partial charge in [-0.3, -0.25) is 4.79 Å². The minimum Gasteiger partial charge on any atom is -0.389 e. The number of aryl methyl sites for hydroxylation is 1. The topological polar surface area (TPSA) is 40.5 Å². The number of amides is 1. The molecule has 22 heavy (non-hydrogen) atoms. The summed E-state index contributed by atoms with van der Waals surface area (Å²) in [6, 6.07) is 14.5. The van der Waals surface area contributed by atoms with Crippen LogP contribution in [0, 0.1) is 6.92 Å². The molecule has 1 amide bonds. The monoisotopic (exact) mass is 315 g/mol. The minimum atomic E-state index is -0.800. The third-order valence-electron chi connectivity index (χ3n) is 4.21. The number of carbonyl (C=O) groups is 1. The second kappa shape index (κ2) is 5.75.